The van der Waals surface area contributed by atoms with Crippen molar-refractivity contribution in [3.63, 3.8) is 0 Å². The number of hydrogen-bond donors (Lipinski definition) is 4. The highest BCUT2D eigenvalue weighted by atomic mass is 16.5. The molecular formula is C24H24N4O5. The molecule has 1 aliphatic carbocycles. The number of nitrogens with zero attached hydrogens (tertiary/aromatic N) is 1. The average Bonchev–Trinajstić information content (AvgIpc) is 3.43. The number of carboxylic acids is 1. The SMILES string of the molecule is CC(NC(=O)[C@H](Cc1cnc[nH]1)NC(=O)OCC1c2ccccc2-c2ccccc21)C(=O)O. The second kappa shape index (κ2) is 9.56. The van der Waals surface area contributed by atoms with Crippen LogP contribution in [0.3, 0.4) is 0 Å². The molecule has 4 N–H and O–H groups in total. The van der Waals surface area contributed by atoms with Gasteiger partial charge in [-0.2, -0.15) is 0 Å². The molecule has 33 heavy (non-hydrogen) atoms. The van der Waals surface area contributed by atoms with Gasteiger partial charge in [0.15, 0.2) is 0 Å². The van der Waals surface area contributed by atoms with Crippen LogP contribution in [0.4, 0.5) is 4.79 Å². The molecule has 0 saturated heterocycles. The van der Waals surface area contributed by atoms with E-state index in [0.29, 0.717) is 5.69 Å². The zero-order valence-corrected chi connectivity index (χ0v) is 17.9. The van der Waals surface area contributed by atoms with Gasteiger partial charge in [0.05, 0.1) is 6.33 Å². The Balaban J connectivity index is 1.44. The van der Waals surface area contributed by atoms with Gasteiger partial charge in [0, 0.05) is 24.2 Å². The first kappa shape index (κ1) is 22.1. The van der Waals surface area contributed by atoms with E-state index in [2.05, 4.69) is 20.6 Å². The van der Waals surface area contributed by atoms with Gasteiger partial charge in [0.1, 0.15) is 18.7 Å². The van der Waals surface area contributed by atoms with Crippen molar-refractivity contribution >= 4 is 18.0 Å². The van der Waals surface area contributed by atoms with Gasteiger partial charge in [0.25, 0.3) is 0 Å². The molecule has 3 aromatic rings. The Morgan fingerprint density at radius 1 is 1.06 bits per heavy atom. The van der Waals surface area contributed by atoms with Gasteiger partial charge in [0.2, 0.25) is 5.91 Å². The summed E-state index contributed by atoms with van der Waals surface area (Å²) in [5.41, 5.74) is 4.99. The van der Waals surface area contributed by atoms with Crippen molar-refractivity contribution in [1.29, 1.82) is 0 Å². The fraction of sp³-hybridized carbons (Fsp3) is 0.250. The van der Waals surface area contributed by atoms with Crippen LogP contribution in [0.15, 0.2) is 61.1 Å². The van der Waals surface area contributed by atoms with Gasteiger partial charge in [-0.25, -0.2) is 9.78 Å². The summed E-state index contributed by atoms with van der Waals surface area (Å²) in [5, 5.41) is 14.0. The van der Waals surface area contributed by atoms with Crippen molar-refractivity contribution in [3.8, 4) is 11.1 Å². The second-order valence-corrected chi connectivity index (χ2v) is 7.87. The van der Waals surface area contributed by atoms with E-state index in [1.165, 1.54) is 19.4 Å². The summed E-state index contributed by atoms with van der Waals surface area (Å²) in [6.45, 7) is 1.45. The van der Waals surface area contributed by atoms with Crippen LogP contribution in [0.5, 0.6) is 0 Å². The van der Waals surface area contributed by atoms with Crippen LogP contribution in [0.1, 0.15) is 29.7 Å². The fourth-order valence-corrected chi connectivity index (χ4v) is 3.98. The fourth-order valence-electron chi connectivity index (χ4n) is 3.98. The topological polar surface area (TPSA) is 133 Å². The Morgan fingerprint density at radius 2 is 1.70 bits per heavy atom. The number of amides is 2. The normalized spacial score (nSPS) is 14.0. The molecule has 1 unspecified atom stereocenters. The monoisotopic (exact) mass is 448 g/mol. The van der Waals surface area contributed by atoms with E-state index in [4.69, 9.17) is 9.84 Å². The Hall–Kier alpha value is -4.14. The van der Waals surface area contributed by atoms with E-state index in [9.17, 15) is 14.4 Å². The van der Waals surface area contributed by atoms with Crippen LogP contribution in [-0.2, 0) is 20.7 Å². The molecule has 1 aromatic heterocycles. The molecule has 1 heterocycles. The largest absolute Gasteiger partial charge is 0.480 e. The molecule has 1 aliphatic rings. The Bertz CT molecular complexity index is 1120. The number of hydrogen-bond acceptors (Lipinski definition) is 5. The van der Waals surface area contributed by atoms with Gasteiger partial charge < -0.3 is 25.5 Å². The Morgan fingerprint density at radius 3 is 2.27 bits per heavy atom. The number of aromatic nitrogens is 2. The van der Waals surface area contributed by atoms with Crippen molar-refractivity contribution in [2.75, 3.05) is 6.61 Å². The van der Waals surface area contributed by atoms with Gasteiger partial charge in [-0.3, -0.25) is 9.59 Å². The number of rotatable bonds is 8. The first-order chi connectivity index (χ1) is 15.9. The lowest BCUT2D eigenvalue weighted by molar-refractivity contribution is -0.141. The second-order valence-electron chi connectivity index (χ2n) is 7.87. The van der Waals surface area contributed by atoms with E-state index in [1.54, 1.807) is 0 Å². The highest BCUT2D eigenvalue weighted by Crippen LogP contribution is 2.44. The number of nitrogens with one attached hydrogen (secondary N) is 3. The van der Waals surface area contributed by atoms with Crippen LogP contribution >= 0.6 is 0 Å². The molecule has 0 fully saturated rings. The van der Waals surface area contributed by atoms with E-state index >= 15 is 0 Å². The molecule has 2 atom stereocenters. The molecule has 0 spiro atoms. The molecule has 4 rings (SSSR count). The number of carbonyl (C=O) groups excluding carboxylic acids is 2. The van der Waals surface area contributed by atoms with Gasteiger partial charge in [-0.05, 0) is 29.2 Å². The van der Waals surface area contributed by atoms with Crippen LogP contribution in [0, 0.1) is 0 Å². The molecule has 0 bridgehead atoms. The van der Waals surface area contributed by atoms with Crippen LogP contribution in [0.25, 0.3) is 11.1 Å². The van der Waals surface area contributed by atoms with E-state index in [-0.39, 0.29) is 18.9 Å². The minimum absolute atomic E-state index is 0.0996. The maximum absolute atomic E-state index is 12.6. The number of H-pyrrole nitrogens is 1. The van der Waals surface area contributed by atoms with E-state index in [0.717, 1.165) is 22.3 Å². The Kier molecular flexibility index (Phi) is 6.39. The summed E-state index contributed by atoms with van der Waals surface area (Å²) < 4.78 is 5.52. The number of imidazole rings is 1. The lowest BCUT2D eigenvalue weighted by Crippen LogP contribution is -2.52. The Labute approximate surface area is 190 Å². The predicted molar refractivity (Wildman–Crippen MR) is 120 cm³/mol. The molecule has 9 nitrogen and oxygen atoms in total. The summed E-state index contributed by atoms with van der Waals surface area (Å²) in [4.78, 5) is 43.1. The summed E-state index contributed by atoms with van der Waals surface area (Å²) in [7, 11) is 0. The van der Waals surface area contributed by atoms with Crippen molar-refractivity contribution in [2.45, 2.75) is 31.3 Å². The minimum Gasteiger partial charge on any atom is -0.480 e. The molecule has 2 aromatic carbocycles. The molecule has 0 radical (unpaired) electrons. The number of alkyl carbamates (subject to hydrolysis) is 1. The first-order valence-electron chi connectivity index (χ1n) is 10.6. The van der Waals surface area contributed by atoms with E-state index in [1.807, 2.05) is 48.5 Å². The third kappa shape index (κ3) is 4.87. The first-order valence-corrected chi connectivity index (χ1v) is 10.6. The van der Waals surface area contributed by atoms with Gasteiger partial charge in [-0.1, -0.05) is 48.5 Å². The number of benzene rings is 2. The third-order valence-corrected chi connectivity index (χ3v) is 5.66. The lowest BCUT2D eigenvalue weighted by Gasteiger charge is -2.20. The molecule has 170 valence electrons. The number of carboxylic acid groups (broad SMARTS) is 1. The zero-order chi connectivity index (χ0) is 23.4. The third-order valence-electron chi connectivity index (χ3n) is 5.66. The maximum atomic E-state index is 12.6. The molecule has 9 heteroatoms. The quantitative estimate of drug-likeness (QED) is 0.418. The summed E-state index contributed by atoms with van der Waals surface area (Å²) in [6.07, 6.45) is 2.32. The average molecular weight is 448 g/mol. The smallest absolute Gasteiger partial charge is 0.407 e. The summed E-state index contributed by atoms with van der Waals surface area (Å²) in [5.74, 6) is -1.92. The minimum atomic E-state index is -1.18. The molecular weight excluding hydrogens is 424 g/mol. The highest BCUT2D eigenvalue weighted by Gasteiger charge is 2.30. The number of carbonyl (C=O) groups is 3. The number of ether oxygens (including phenoxy) is 1. The lowest BCUT2D eigenvalue weighted by atomic mass is 9.98. The van der Waals surface area contributed by atoms with Crippen molar-refractivity contribution in [2.24, 2.45) is 0 Å². The molecule has 0 aliphatic heterocycles. The van der Waals surface area contributed by atoms with Gasteiger partial charge >= 0.3 is 12.1 Å². The molecule has 2 amide bonds. The van der Waals surface area contributed by atoms with E-state index < -0.39 is 30.1 Å². The van der Waals surface area contributed by atoms with Gasteiger partial charge in [-0.15, -0.1) is 0 Å². The number of fused-ring (bicyclic) bond motifs is 3. The number of aliphatic carboxylic acids is 1. The summed E-state index contributed by atoms with van der Waals surface area (Å²) >= 11 is 0. The standard InChI is InChI=1S/C24H24N4O5/c1-14(23(30)31)27-22(29)21(10-15-11-25-13-26-15)28-24(32)33-12-20-18-8-4-2-6-16(18)17-7-3-5-9-19(17)20/h2-9,11,13-14,20-21H,10,12H2,1H3,(H,25,26)(H,27,29)(H,28,32)(H,30,31)/t14?,21-/m0/s1. The van der Waals surface area contributed by atoms with Crippen molar-refractivity contribution in [3.05, 3.63) is 77.9 Å². The summed E-state index contributed by atoms with van der Waals surface area (Å²) in [6, 6.07) is 13.8. The predicted octanol–water partition coefficient (Wildman–Crippen LogP) is 2.45. The molecule has 0 saturated carbocycles. The van der Waals surface area contributed by atoms with Crippen LogP contribution in [-0.4, -0.2) is 51.7 Å². The van der Waals surface area contributed by atoms with Crippen molar-refractivity contribution in [1.82, 2.24) is 20.6 Å². The highest BCUT2D eigenvalue weighted by molar-refractivity contribution is 5.89. The maximum Gasteiger partial charge on any atom is 0.407 e. The van der Waals surface area contributed by atoms with Crippen LogP contribution in [0.2, 0.25) is 0 Å². The number of aromatic amines is 1. The van der Waals surface area contributed by atoms with Crippen molar-refractivity contribution < 1.29 is 24.2 Å². The zero-order valence-electron chi connectivity index (χ0n) is 17.9. The van der Waals surface area contributed by atoms with Crippen LogP contribution < -0.4 is 10.6 Å².